The van der Waals surface area contributed by atoms with Crippen molar-refractivity contribution in [2.75, 3.05) is 26.8 Å². The van der Waals surface area contributed by atoms with Crippen molar-refractivity contribution in [2.45, 2.75) is 20.3 Å². The fourth-order valence-corrected chi connectivity index (χ4v) is 1.51. The van der Waals surface area contributed by atoms with Gasteiger partial charge in [-0.05, 0) is 24.5 Å². The van der Waals surface area contributed by atoms with Crippen molar-refractivity contribution in [1.82, 2.24) is 5.32 Å². The third-order valence-electron chi connectivity index (χ3n) is 2.56. The van der Waals surface area contributed by atoms with E-state index in [0.717, 1.165) is 31.0 Å². The summed E-state index contributed by atoms with van der Waals surface area (Å²) < 4.78 is 10.8. The second kappa shape index (κ2) is 11.5. The van der Waals surface area contributed by atoms with E-state index < -0.39 is 0 Å². The zero-order chi connectivity index (χ0) is 14.8. The van der Waals surface area contributed by atoms with Crippen LogP contribution in [0.5, 0.6) is 11.5 Å². The average molecular weight is 407 g/mol. The number of benzene rings is 1. The Morgan fingerprint density at radius 3 is 2.71 bits per heavy atom. The molecule has 0 aliphatic carbocycles. The fraction of sp³-hybridized carbons (Fsp3) is 0.533. The maximum atomic E-state index is 5.73. The maximum Gasteiger partial charge on any atom is 0.188 e. The van der Waals surface area contributed by atoms with Gasteiger partial charge in [-0.15, -0.1) is 24.0 Å². The lowest BCUT2D eigenvalue weighted by atomic mass is 10.2. The minimum absolute atomic E-state index is 0. The van der Waals surface area contributed by atoms with Crippen LogP contribution in [0.2, 0.25) is 0 Å². The van der Waals surface area contributed by atoms with Crippen molar-refractivity contribution in [2.24, 2.45) is 16.6 Å². The van der Waals surface area contributed by atoms with E-state index >= 15 is 0 Å². The van der Waals surface area contributed by atoms with E-state index in [-0.39, 0.29) is 24.0 Å². The lowest BCUT2D eigenvalue weighted by Crippen LogP contribution is -2.33. The molecule has 0 atom stereocenters. The Kier molecular flexibility index (Phi) is 10.8. The first-order valence-electron chi connectivity index (χ1n) is 6.92. The van der Waals surface area contributed by atoms with E-state index in [9.17, 15) is 0 Å². The highest BCUT2D eigenvalue weighted by molar-refractivity contribution is 14.0. The first-order chi connectivity index (χ1) is 9.61. The van der Waals surface area contributed by atoms with E-state index in [0.29, 0.717) is 18.5 Å². The molecular formula is C15H26IN3O2. The highest BCUT2D eigenvalue weighted by atomic mass is 127. The summed E-state index contributed by atoms with van der Waals surface area (Å²) in [6, 6.07) is 7.57. The second-order valence-electron chi connectivity index (χ2n) is 4.93. The van der Waals surface area contributed by atoms with Crippen LogP contribution in [-0.4, -0.2) is 32.8 Å². The van der Waals surface area contributed by atoms with Crippen molar-refractivity contribution >= 4 is 29.9 Å². The van der Waals surface area contributed by atoms with Crippen molar-refractivity contribution < 1.29 is 9.47 Å². The number of rotatable bonds is 8. The van der Waals surface area contributed by atoms with Gasteiger partial charge in [0.25, 0.3) is 0 Å². The molecule has 5 nitrogen and oxygen atoms in total. The predicted molar refractivity (Wildman–Crippen MR) is 97.9 cm³/mol. The first kappa shape index (κ1) is 19.8. The van der Waals surface area contributed by atoms with Gasteiger partial charge in [-0.2, -0.15) is 0 Å². The van der Waals surface area contributed by atoms with E-state index in [4.69, 9.17) is 15.2 Å². The Labute approximate surface area is 144 Å². The molecule has 0 radical (unpaired) electrons. The summed E-state index contributed by atoms with van der Waals surface area (Å²) >= 11 is 0. The molecule has 0 bridgehead atoms. The average Bonchev–Trinajstić information content (AvgIpc) is 2.45. The monoisotopic (exact) mass is 407 g/mol. The number of nitrogens with one attached hydrogen (secondary N) is 1. The molecule has 0 amide bonds. The third-order valence-corrected chi connectivity index (χ3v) is 2.56. The van der Waals surface area contributed by atoms with Crippen LogP contribution >= 0.6 is 24.0 Å². The molecule has 3 N–H and O–H groups in total. The van der Waals surface area contributed by atoms with Gasteiger partial charge < -0.3 is 20.5 Å². The molecule has 1 aromatic carbocycles. The van der Waals surface area contributed by atoms with Gasteiger partial charge in [-0.3, -0.25) is 4.99 Å². The minimum Gasteiger partial charge on any atom is -0.497 e. The molecule has 0 aliphatic rings. The van der Waals surface area contributed by atoms with Gasteiger partial charge in [-0.25, -0.2) is 0 Å². The highest BCUT2D eigenvalue weighted by Crippen LogP contribution is 2.18. The van der Waals surface area contributed by atoms with Crippen LogP contribution in [0.15, 0.2) is 29.3 Å². The lowest BCUT2D eigenvalue weighted by molar-refractivity contribution is 0.308. The van der Waals surface area contributed by atoms with Crippen LogP contribution in [0, 0.1) is 5.92 Å². The quantitative estimate of drug-likeness (QED) is 0.301. The topological polar surface area (TPSA) is 68.9 Å². The molecular weight excluding hydrogens is 381 g/mol. The lowest BCUT2D eigenvalue weighted by Gasteiger charge is -2.09. The summed E-state index contributed by atoms with van der Waals surface area (Å²) in [4.78, 5) is 4.23. The maximum absolute atomic E-state index is 5.73. The van der Waals surface area contributed by atoms with E-state index in [1.165, 1.54) is 0 Å². The summed E-state index contributed by atoms with van der Waals surface area (Å²) in [6.45, 7) is 6.34. The Bertz CT molecular complexity index is 425. The molecule has 0 fully saturated rings. The number of halogens is 1. The Hall–Kier alpha value is -1.18. The Balaban J connectivity index is 0.00000400. The number of ether oxygens (including phenoxy) is 2. The van der Waals surface area contributed by atoms with Gasteiger partial charge in [0.15, 0.2) is 5.96 Å². The molecule has 120 valence electrons. The molecule has 6 heteroatoms. The minimum atomic E-state index is 0. The number of methoxy groups -OCH3 is 1. The van der Waals surface area contributed by atoms with Crippen LogP contribution in [0.25, 0.3) is 0 Å². The molecule has 0 spiro atoms. The summed E-state index contributed by atoms with van der Waals surface area (Å²) in [5.41, 5.74) is 5.73. The van der Waals surface area contributed by atoms with Gasteiger partial charge in [0.2, 0.25) is 0 Å². The molecule has 21 heavy (non-hydrogen) atoms. The Morgan fingerprint density at radius 2 is 2.05 bits per heavy atom. The molecule has 0 saturated heterocycles. The van der Waals surface area contributed by atoms with Crippen LogP contribution in [-0.2, 0) is 0 Å². The zero-order valence-corrected chi connectivity index (χ0v) is 15.3. The number of aliphatic imine (C=N–C) groups is 1. The molecule has 0 aliphatic heterocycles. The van der Waals surface area contributed by atoms with Crippen molar-refractivity contribution in [3.8, 4) is 11.5 Å². The van der Waals surface area contributed by atoms with Crippen LogP contribution in [0.4, 0.5) is 0 Å². The molecule has 0 heterocycles. The predicted octanol–water partition coefficient (Wildman–Crippen LogP) is 2.64. The van der Waals surface area contributed by atoms with Gasteiger partial charge >= 0.3 is 0 Å². The number of nitrogens with two attached hydrogens (primary N) is 1. The molecule has 0 aromatic heterocycles. The molecule has 1 aromatic rings. The highest BCUT2D eigenvalue weighted by Gasteiger charge is 1.97. The third kappa shape index (κ3) is 9.38. The van der Waals surface area contributed by atoms with Crippen LogP contribution in [0.3, 0.4) is 0 Å². The first-order valence-corrected chi connectivity index (χ1v) is 6.92. The van der Waals surface area contributed by atoms with E-state index in [1.54, 1.807) is 7.11 Å². The molecule has 0 saturated carbocycles. The summed E-state index contributed by atoms with van der Waals surface area (Å²) in [6.07, 6.45) is 0.856. The Morgan fingerprint density at radius 1 is 1.33 bits per heavy atom. The fourth-order valence-electron chi connectivity index (χ4n) is 1.51. The van der Waals surface area contributed by atoms with Gasteiger partial charge in [-0.1, -0.05) is 19.9 Å². The van der Waals surface area contributed by atoms with Crippen molar-refractivity contribution in [3.63, 3.8) is 0 Å². The second-order valence-corrected chi connectivity index (χ2v) is 4.93. The number of hydrogen-bond donors (Lipinski definition) is 2. The standard InChI is InChI=1S/C15H25N3O2.HI/c1-12(2)11-18-15(16)17-8-5-9-20-14-7-4-6-13(10-14)19-3;/h4,6-7,10,12H,5,8-9,11H2,1-3H3,(H3,16,17,18);1H. The van der Waals surface area contributed by atoms with Gasteiger partial charge in [0.1, 0.15) is 11.5 Å². The van der Waals surface area contributed by atoms with Crippen LogP contribution < -0.4 is 20.5 Å². The summed E-state index contributed by atoms with van der Waals surface area (Å²) in [5.74, 6) is 2.63. The number of guanidine groups is 1. The summed E-state index contributed by atoms with van der Waals surface area (Å²) in [5, 5.41) is 3.07. The molecule has 1 rings (SSSR count). The SMILES string of the molecule is COc1cccc(OCCCNC(N)=NCC(C)C)c1.I. The summed E-state index contributed by atoms with van der Waals surface area (Å²) in [7, 11) is 1.64. The molecule has 0 unspecified atom stereocenters. The normalized spacial score (nSPS) is 11.0. The van der Waals surface area contributed by atoms with Crippen molar-refractivity contribution in [3.05, 3.63) is 24.3 Å². The van der Waals surface area contributed by atoms with Crippen molar-refractivity contribution in [1.29, 1.82) is 0 Å². The zero-order valence-electron chi connectivity index (χ0n) is 13.0. The van der Waals surface area contributed by atoms with Crippen LogP contribution in [0.1, 0.15) is 20.3 Å². The smallest absolute Gasteiger partial charge is 0.188 e. The number of nitrogens with zero attached hydrogens (tertiary/aromatic N) is 1. The van der Waals surface area contributed by atoms with Gasteiger partial charge in [0.05, 0.1) is 13.7 Å². The number of hydrogen-bond acceptors (Lipinski definition) is 3. The largest absolute Gasteiger partial charge is 0.497 e. The van der Waals surface area contributed by atoms with E-state index in [1.807, 2.05) is 24.3 Å². The van der Waals surface area contributed by atoms with E-state index in [2.05, 4.69) is 24.2 Å². The van der Waals surface area contributed by atoms with Gasteiger partial charge in [0, 0.05) is 19.2 Å².